The molecule has 0 fully saturated rings. The minimum Gasteiger partial charge on any atom is -0.495 e. The van der Waals surface area contributed by atoms with E-state index in [0.717, 1.165) is 10.1 Å². The van der Waals surface area contributed by atoms with Crippen molar-refractivity contribution in [2.24, 2.45) is 0 Å². The molecule has 4 heteroatoms. The maximum atomic E-state index is 6.23. The predicted molar refractivity (Wildman–Crippen MR) is 72.5 cm³/mol. The van der Waals surface area contributed by atoms with Gasteiger partial charge in [0, 0.05) is 4.88 Å². The summed E-state index contributed by atoms with van der Waals surface area (Å²) < 4.78 is 6.23. The number of rotatable bonds is 2. The van der Waals surface area contributed by atoms with Gasteiger partial charge in [0.2, 0.25) is 0 Å². The van der Waals surface area contributed by atoms with Gasteiger partial charge in [-0.05, 0) is 23.4 Å². The van der Waals surface area contributed by atoms with Gasteiger partial charge in [0.25, 0.3) is 0 Å². The Hall–Kier alpha value is -0.440. The molecule has 0 N–H and O–H groups in total. The van der Waals surface area contributed by atoms with Gasteiger partial charge in [-0.1, -0.05) is 37.0 Å². The summed E-state index contributed by atoms with van der Waals surface area (Å²) in [6.45, 7) is 4.33. The van der Waals surface area contributed by atoms with Gasteiger partial charge in [0.15, 0.2) is 0 Å². The highest BCUT2D eigenvalue weighted by molar-refractivity contribution is 7.19. The van der Waals surface area contributed by atoms with E-state index < -0.39 is 0 Å². The van der Waals surface area contributed by atoms with Gasteiger partial charge in [0.05, 0.1) is 16.8 Å². The molecule has 2 rings (SSSR count). The lowest BCUT2D eigenvalue weighted by Crippen LogP contribution is -1.84. The van der Waals surface area contributed by atoms with Crippen LogP contribution in [0.2, 0.25) is 10.0 Å². The summed E-state index contributed by atoms with van der Waals surface area (Å²) in [7, 11) is 1.60. The molecule has 0 bridgehead atoms. The predicted octanol–water partition coefficient (Wildman–Crippen LogP) is 5.34. The number of ether oxygens (including phenoxy) is 1. The fourth-order valence-corrected chi connectivity index (χ4v) is 3.23. The highest BCUT2D eigenvalue weighted by atomic mass is 35.5. The zero-order valence-corrected chi connectivity index (χ0v) is 11.6. The van der Waals surface area contributed by atoms with E-state index >= 15 is 0 Å². The van der Waals surface area contributed by atoms with Crippen LogP contribution in [-0.2, 0) is 0 Å². The molecule has 86 valence electrons. The third-order valence-corrected chi connectivity index (χ3v) is 4.89. The highest BCUT2D eigenvalue weighted by Gasteiger charge is 2.14. The zero-order valence-electron chi connectivity index (χ0n) is 9.30. The van der Waals surface area contributed by atoms with Crippen LogP contribution in [-0.4, -0.2) is 7.11 Å². The minimum absolute atomic E-state index is 0.494. The highest BCUT2D eigenvalue weighted by Crippen LogP contribution is 2.43. The van der Waals surface area contributed by atoms with Crippen molar-refractivity contribution >= 4 is 44.6 Å². The van der Waals surface area contributed by atoms with Crippen LogP contribution in [0.5, 0.6) is 5.75 Å². The van der Waals surface area contributed by atoms with E-state index in [0.29, 0.717) is 21.7 Å². The van der Waals surface area contributed by atoms with E-state index in [1.165, 1.54) is 4.88 Å². The first-order valence-corrected chi connectivity index (χ1v) is 6.57. The number of fused-ring (bicyclic) bond motifs is 1. The molecule has 1 aromatic carbocycles. The number of hydrogen-bond donors (Lipinski definition) is 0. The van der Waals surface area contributed by atoms with E-state index in [1.807, 2.05) is 6.07 Å². The molecule has 0 saturated heterocycles. The lowest BCUT2D eigenvalue weighted by Gasteiger charge is -2.04. The van der Waals surface area contributed by atoms with E-state index in [2.05, 4.69) is 19.9 Å². The smallest absolute Gasteiger partial charge is 0.139 e. The van der Waals surface area contributed by atoms with Crippen LogP contribution in [0.25, 0.3) is 10.1 Å². The molecule has 0 aliphatic rings. The zero-order chi connectivity index (χ0) is 11.9. The SMILES string of the molecule is COc1cc2cc(C(C)C)sc2c(Cl)c1Cl. The summed E-state index contributed by atoms with van der Waals surface area (Å²) in [6, 6.07) is 4.08. The molecule has 1 heterocycles. The summed E-state index contributed by atoms with van der Waals surface area (Å²) in [5, 5.41) is 2.18. The number of thiophene rings is 1. The lowest BCUT2D eigenvalue weighted by atomic mass is 10.1. The van der Waals surface area contributed by atoms with Gasteiger partial charge >= 0.3 is 0 Å². The third kappa shape index (κ3) is 1.90. The van der Waals surface area contributed by atoms with Crippen LogP contribution < -0.4 is 4.74 Å². The van der Waals surface area contributed by atoms with Crippen LogP contribution >= 0.6 is 34.5 Å². The fraction of sp³-hybridized carbons (Fsp3) is 0.333. The Bertz CT molecular complexity index is 531. The third-order valence-electron chi connectivity index (χ3n) is 2.46. The van der Waals surface area contributed by atoms with Gasteiger partial charge in [0.1, 0.15) is 10.8 Å². The van der Waals surface area contributed by atoms with E-state index in [1.54, 1.807) is 18.4 Å². The first kappa shape index (κ1) is 12.0. The number of halogens is 2. The average molecular weight is 275 g/mol. The summed E-state index contributed by atoms with van der Waals surface area (Å²) >= 11 is 14.0. The molecule has 0 aliphatic heterocycles. The second-order valence-electron chi connectivity index (χ2n) is 3.93. The Kier molecular flexibility index (Phi) is 3.34. The molecule has 0 aliphatic carbocycles. The summed E-state index contributed by atoms with van der Waals surface area (Å²) in [4.78, 5) is 1.31. The van der Waals surface area contributed by atoms with Gasteiger partial charge in [-0.15, -0.1) is 11.3 Å². The normalized spacial score (nSPS) is 11.4. The largest absolute Gasteiger partial charge is 0.495 e. The van der Waals surface area contributed by atoms with E-state index in [-0.39, 0.29) is 0 Å². The second kappa shape index (κ2) is 4.44. The van der Waals surface area contributed by atoms with Crippen molar-refractivity contribution in [2.45, 2.75) is 19.8 Å². The number of hydrogen-bond acceptors (Lipinski definition) is 2. The minimum atomic E-state index is 0.494. The Labute approximate surface area is 109 Å². The maximum absolute atomic E-state index is 6.23. The van der Waals surface area contributed by atoms with E-state index in [4.69, 9.17) is 27.9 Å². The van der Waals surface area contributed by atoms with Crippen LogP contribution in [0.3, 0.4) is 0 Å². The summed E-state index contributed by atoms with van der Waals surface area (Å²) in [6.07, 6.45) is 0. The van der Waals surface area contributed by atoms with Crippen molar-refractivity contribution in [1.82, 2.24) is 0 Å². The molecule has 0 atom stereocenters. The number of benzene rings is 1. The Morgan fingerprint density at radius 3 is 2.44 bits per heavy atom. The summed E-state index contributed by atoms with van der Waals surface area (Å²) in [5.74, 6) is 1.13. The van der Waals surface area contributed by atoms with Gasteiger partial charge in [-0.3, -0.25) is 0 Å². The lowest BCUT2D eigenvalue weighted by molar-refractivity contribution is 0.415. The molecule has 0 amide bonds. The summed E-state index contributed by atoms with van der Waals surface area (Å²) in [5.41, 5.74) is 0. The molecular formula is C12H12Cl2OS. The van der Waals surface area contributed by atoms with E-state index in [9.17, 15) is 0 Å². The topological polar surface area (TPSA) is 9.23 Å². The Balaban J connectivity index is 2.72. The molecule has 16 heavy (non-hydrogen) atoms. The Morgan fingerprint density at radius 2 is 1.88 bits per heavy atom. The molecule has 1 aromatic heterocycles. The standard InChI is InChI=1S/C12H12Cl2OS/c1-6(2)9-5-7-4-8(15-3)10(13)11(14)12(7)16-9/h4-6H,1-3H3. The van der Waals surface area contributed by atoms with Crippen LogP contribution in [0.4, 0.5) is 0 Å². The molecule has 0 saturated carbocycles. The van der Waals surface area contributed by atoms with Crippen LogP contribution in [0, 0.1) is 0 Å². The molecule has 0 radical (unpaired) electrons. The molecule has 1 nitrogen and oxygen atoms in total. The van der Waals surface area contributed by atoms with Crippen molar-refractivity contribution < 1.29 is 4.74 Å². The van der Waals surface area contributed by atoms with Crippen molar-refractivity contribution in [3.63, 3.8) is 0 Å². The van der Waals surface area contributed by atoms with Gasteiger partial charge < -0.3 is 4.74 Å². The van der Waals surface area contributed by atoms with Crippen LogP contribution in [0.1, 0.15) is 24.6 Å². The molecule has 2 aromatic rings. The first-order chi connectivity index (χ1) is 7.54. The van der Waals surface area contributed by atoms with Gasteiger partial charge in [-0.25, -0.2) is 0 Å². The molecule has 0 unspecified atom stereocenters. The number of methoxy groups -OCH3 is 1. The Morgan fingerprint density at radius 1 is 1.19 bits per heavy atom. The van der Waals surface area contributed by atoms with Crippen molar-refractivity contribution in [2.75, 3.05) is 7.11 Å². The fourth-order valence-electron chi connectivity index (χ4n) is 1.55. The van der Waals surface area contributed by atoms with Crippen molar-refractivity contribution in [3.8, 4) is 5.75 Å². The van der Waals surface area contributed by atoms with Crippen molar-refractivity contribution in [1.29, 1.82) is 0 Å². The monoisotopic (exact) mass is 274 g/mol. The van der Waals surface area contributed by atoms with Crippen molar-refractivity contribution in [3.05, 3.63) is 27.1 Å². The second-order valence-corrected chi connectivity index (χ2v) is 5.77. The molecule has 0 spiro atoms. The van der Waals surface area contributed by atoms with Gasteiger partial charge in [-0.2, -0.15) is 0 Å². The quantitative estimate of drug-likeness (QED) is 0.718. The molecular weight excluding hydrogens is 263 g/mol. The first-order valence-electron chi connectivity index (χ1n) is 5.00. The maximum Gasteiger partial charge on any atom is 0.139 e. The average Bonchev–Trinajstić information content (AvgIpc) is 2.67. The van der Waals surface area contributed by atoms with Crippen LogP contribution in [0.15, 0.2) is 12.1 Å².